The summed E-state index contributed by atoms with van der Waals surface area (Å²) >= 11 is 0. The van der Waals surface area contributed by atoms with Gasteiger partial charge in [-0.1, -0.05) is 12.1 Å². The second-order valence-corrected chi connectivity index (χ2v) is 3.06. The van der Waals surface area contributed by atoms with E-state index in [0.29, 0.717) is 5.69 Å². The summed E-state index contributed by atoms with van der Waals surface area (Å²) in [5, 5.41) is 0. The Kier molecular flexibility index (Phi) is 2.19. The maximum atomic E-state index is 12.6. The summed E-state index contributed by atoms with van der Waals surface area (Å²) in [6.45, 7) is 0. The van der Waals surface area contributed by atoms with Gasteiger partial charge >= 0.3 is 0 Å². The summed E-state index contributed by atoms with van der Waals surface area (Å²) in [6.07, 6.45) is 0. The molecule has 1 radical (unpaired) electrons. The van der Waals surface area contributed by atoms with Crippen molar-refractivity contribution in [1.29, 1.82) is 0 Å². The van der Waals surface area contributed by atoms with Crippen molar-refractivity contribution in [3.05, 3.63) is 54.3 Å². The van der Waals surface area contributed by atoms with Gasteiger partial charge in [-0.15, -0.1) is 0 Å². The maximum Gasteiger partial charge on any atom is 0.123 e. The molecular formula is C12H9FN. The highest BCUT2D eigenvalue weighted by atomic mass is 19.1. The summed E-state index contributed by atoms with van der Waals surface area (Å²) in [5.41, 5.74) is 8.17. The maximum absolute atomic E-state index is 12.6. The molecule has 0 amide bonds. The molecule has 0 fully saturated rings. The molecule has 0 aliphatic heterocycles. The molecule has 0 heterocycles. The van der Waals surface area contributed by atoms with Gasteiger partial charge in [0, 0.05) is 5.69 Å². The first-order chi connectivity index (χ1) is 6.75. The first-order valence-electron chi connectivity index (χ1n) is 4.28. The van der Waals surface area contributed by atoms with Crippen LogP contribution in [0.25, 0.3) is 11.1 Å². The van der Waals surface area contributed by atoms with Crippen molar-refractivity contribution in [2.45, 2.75) is 0 Å². The molecule has 2 N–H and O–H groups in total. The lowest BCUT2D eigenvalue weighted by molar-refractivity contribution is 0.628. The molecule has 2 heteroatoms. The molecule has 0 saturated carbocycles. The Labute approximate surface area is 82.0 Å². The molecule has 2 aromatic carbocycles. The second kappa shape index (κ2) is 3.50. The topological polar surface area (TPSA) is 26.0 Å². The zero-order valence-corrected chi connectivity index (χ0v) is 7.50. The summed E-state index contributed by atoms with van der Waals surface area (Å²) in [6, 6.07) is 14.6. The van der Waals surface area contributed by atoms with Crippen LogP contribution in [0, 0.1) is 11.9 Å². The van der Waals surface area contributed by atoms with Crippen LogP contribution in [0.5, 0.6) is 0 Å². The van der Waals surface area contributed by atoms with Crippen LogP contribution in [-0.4, -0.2) is 0 Å². The van der Waals surface area contributed by atoms with E-state index in [0.717, 1.165) is 11.1 Å². The van der Waals surface area contributed by atoms with E-state index >= 15 is 0 Å². The fourth-order valence-corrected chi connectivity index (χ4v) is 1.30. The van der Waals surface area contributed by atoms with Crippen LogP contribution in [-0.2, 0) is 0 Å². The van der Waals surface area contributed by atoms with Crippen LogP contribution in [0.2, 0.25) is 0 Å². The fourth-order valence-electron chi connectivity index (χ4n) is 1.30. The van der Waals surface area contributed by atoms with E-state index in [1.165, 1.54) is 12.1 Å². The molecule has 0 unspecified atom stereocenters. The summed E-state index contributed by atoms with van der Waals surface area (Å²) in [4.78, 5) is 0. The van der Waals surface area contributed by atoms with Crippen molar-refractivity contribution in [3.63, 3.8) is 0 Å². The lowest BCUT2D eigenvalue weighted by Gasteiger charge is -2.01. The molecule has 0 aliphatic carbocycles. The normalized spacial score (nSPS) is 10.1. The van der Waals surface area contributed by atoms with Gasteiger partial charge in [0.1, 0.15) is 5.82 Å². The Bertz CT molecular complexity index is 434. The van der Waals surface area contributed by atoms with Gasteiger partial charge in [-0.25, -0.2) is 4.39 Å². The molecule has 2 aromatic rings. The van der Waals surface area contributed by atoms with Gasteiger partial charge in [-0.2, -0.15) is 0 Å². The Morgan fingerprint density at radius 1 is 1.00 bits per heavy atom. The molecule has 0 bridgehead atoms. The van der Waals surface area contributed by atoms with Gasteiger partial charge in [-0.05, 0) is 47.5 Å². The zero-order valence-electron chi connectivity index (χ0n) is 7.50. The van der Waals surface area contributed by atoms with Gasteiger partial charge in [0.15, 0.2) is 0 Å². The minimum atomic E-state index is -0.235. The number of halogens is 1. The van der Waals surface area contributed by atoms with Crippen LogP contribution in [0.1, 0.15) is 0 Å². The molecule has 69 valence electrons. The molecule has 0 atom stereocenters. The number of benzene rings is 2. The average Bonchev–Trinajstić information content (AvgIpc) is 2.19. The number of hydrogen-bond acceptors (Lipinski definition) is 1. The molecule has 0 saturated heterocycles. The van der Waals surface area contributed by atoms with E-state index < -0.39 is 0 Å². The molecule has 1 nitrogen and oxygen atoms in total. The Morgan fingerprint density at radius 3 is 2.36 bits per heavy atom. The molecule has 0 aliphatic rings. The third-order valence-corrected chi connectivity index (χ3v) is 1.99. The quantitative estimate of drug-likeness (QED) is 0.681. The zero-order chi connectivity index (χ0) is 9.97. The van der Waals surface area contributed by atoms with E-state index in [1.807, 2.05) is 12.1 Å². The number of hydrogen-bond donors (Lipinski definition) is 1. The first-order valence-corrected chi connectivity index (χ1v) is 4.28. The SMILES string of the molecule is Nc1c[c]cc(-c2ccc(F)cc2)c1. The number of nitrogen functional groups attached to an aromatic ring is 1. The third kappa shape index (κ3) is 1.74. The van der Waals surface area contributed by atoms with Gasteiger partial charge in [0.2, 0.25) is 0 Å². The highest BCUT2D eigenvalue weighted by Gasteiger charge is 1.97. The largest absolute Gasteiger partial charge is 0.399 e. The van der Waals surface area contributed by atoms with Crippen LogP contribution < -0.4 is 5.73 Å². The summed E-state index contributed by atoms with van der Waals surface area (Å²) in [5.74, 6) is -0.235. The molecule has 0 spiro atoms. The molecular weight excluding hydrogens is 177 g/mol. The predicted octanol–water partition coefficient (Wildman–Crippen LogP) is 2.88. The minimum Gasteiger partial charge on any atom is -0.399 e. The molecule has 2 rings (SSSR count). The van der Waals surface area contributed by atoms with Gasteiger partial charge < -0.3 is 5.73 Å². The van der Waals surface area contributed by atoms with E-state index in [4.69, 9.17) is 5.73 Å². The van der Waals surface area contributed by atoms with Crippen LogP contribution in [0.3, 0.4) is 0 Å². The van der Waals surface area contributed by atoms with E-state index in [9.17, 15) is 4.39 Å². The van der Waals surface area contributed by atoms with Crippen LogP contribution >= 0.6 is 0 Å². The highest BCUT2D eigenvalue weighted by Crippen LogP contribution is 2.20. The van der Waals surface area contributed by atoms with Gasteiger partial charge in [0.25, 0.3) is 0 Å². The van der Waals surface area contributed by atoms with E-state index in [-0.39, 0.29) is 5.82 Å². The average molecular weight is 186 g/mol. The van der Waals surface area contributed by atoms with E-state index in [1.54, 1.807) is 18.2 Å². The van der Waals surface area contributed by atoms with Crippen molar-refractivity contribution >= 4 is 5.69 Å². The van der Waals surface area contributed by atoms with Crippen molar-refractivity contribution in [2.75, 3.05) is 5.73 Å². The van der Waals surface area contributed by atoms with Crippen molar-refractivity contribution < 1.29 is 4.39 Å². The molecule has 0 aromatic heterocycles. The van der Waals surface area contributed by atoms with Gasteiger partial charge in [-0.3, -0.25) is 0 Å². The summed E-state index contributed by atoms with van der Waals surface area (Å²) < 4.78 is 12.6. The van der Waals surface area contributed by atoms with Crippen molar-refractivity contribution in [3.8, 4) is 11.1 Å². The van der Waals surface area contributed by atoms with Gasteiger partial charge in [0.05, 0.1) is 0 Å². The number of rotatable bonds is 1. The lowest BCUT2D eigenvalue weighted by Crippen LogP contribution is -1.85. The smallest absolute Gasteiger partial charge is 0.123 e. The lowest BCUT2D eigenvalue weighted by atomic mass is 10.1. The third-order valence-electron chi connectivity index (χ3n) is 1.99. The fraction of sp³-hybridized carbons (Fsp3) is 0. The summed E-state index contributed by atoms with van der Waals surface area (Å²) in [7, 11) is 0. The van der Waals surface area contributed by atoms with E-state index in [2.05, 4.69) is 6.07 Å². The Morgan fingerprint density at radius 2 is 1.71 bits per heavy atom. The number of nitrogens with two attached hydrogens (primary N) is 1. The first kappa shape index (κ1) is 8.75. The Balaban J connectivity index is 2.44. The highest BCUT2D eigenvalue weighted by molar-refractivity contribution is 5.66. The van der Waals surface area contributed by atoms with Crippen LogP contribution in [0.15, 0.2) is 42.5 Å². The monoisotopic (exact) mass is 186 g/mol. The van der Waals surface area contributed by atoms with Crippen molar-refractivity contribution in [2.24, 2.45) is 0 Å². The van der Waals surface area contributed by atoms with Crippen molar-refractivity contribution in [1.82, 2.24) is 0 Å². The minimum absolute atomic E-state index is 0.235. The van der Waals surface area contributed by atoms with Crippen LogP contribution in [0.4, 0.5) is 10.1 Å². The standard InChI is InChI=1S/C12H9FN/c13-11-6-4-9(5-7-11)10-2-1-3-12(14)8-10/h2-8H,14H2. The second-order valence-electron chi connectivity index (χ2n) is 3.06. The Hall–Kier alpha value is -1.83. The number of anilines is 1. The predicted molar refractivity (Wildman–Crippen MR) is 55.1 cm³/mol. The molecule has 14 heavy (non-hydrogen) atoms.